The predicted octanol–water partition coefficient (Wildman–Crippen LogP) is 0.311. The minimum Gasteiger partial charge on any atom is -0.351 e. The van der Waals surface area contributed by atoms with Crippen LogP contribution in [0.15, 0.2) is 24.5 Å². The van der Waals surface area contributed by atoms with Crippen molar-refractivity contribution in [3.05, 3.63) is 30.1 Å². The SMILES string of the molecule is NCCCN(Cc1cccnc1)C(N)=O. The molecule has 4 N–H and O–H groups in total. The topological polar surface area (TPSA) is 85.2 Å². The molecule has 1 aromatic heterocycles. The number of hydrogen-bond donors (Lipinski definition) is 2. The second-order valence-corrected chi connectivity index (χ2v) is 3.26. The van der Waals surface area contributed by atoms with Crippen LogP contribution in [0.5, 0.6) is 0 Å². The van der Waals surface area contributed by atoms with Gasteiger partial charge < -0.3 is 16.4 Å². The van der Waals surface area contributed by atoms with E-state index in [-0.39, 0.29) is 0 Å². The number of urea groups is 1. The van der Waals surface area contributed by atoms with E-state index in [2.05, 4.69) is 4.98 Å². The fourth-order valence-corrected chi connectivity index (χ4v) is 1.26. The van der Waals surface area contributed by atoms with Crippen molar-refractivity contribution in [2.45, 2.75) is 13.0 Å². The van der Waals surface area contributed by atoms with E-state index in [1.807, 2.05) is 12.1 Å². The van der Waals surface area contributed by atoms with Gasteiger partial charge in [-0.2, -0.15) is 0 Å². The molecule has 0 saturated heterocycles. The maximum Gasteiger partial charge on any atom is 0.315 e. The van der Waals surface area contributed by atoms with Gasteiger partial charge in [0.15, 0.2) is 0 Å². The number of rotatable bonds is 5. The highest BCUT2D eigenvalue weighted by Gasteiger charge is 2.09. The molecule has 0 aromatic carbocycles. The van der Waals surface area contributed by atoms with E-state index in [1.165, 1.54) is 0 Å². The molecule has 0 radical (unpaired) electrons. The van der Waals surface area contributed by atoms with Gasteiger partial charge in [-0.05, 0) is 24.6 Å². The maximum absolute atomic E-state index is 11.1. The van der Waals surface area contributed by atoms with E-state index in [9.17, 15) is 4.79 Å². The summed E-state index contributed by atoms with van der Waals surface area (Å²) in [4.78, 5) is 16.6. The summed E-state index contributed by atoms with van der Waals surface area (Å²) < 4.78 is 0. The highest BCUT2D eigenvalue weighted by molar-refractivity contribution is 5.71. The maximum atomic E-state index is 11.1. The minimum absolute atomic E-state index is 0.424. The Kier molecular flexibility index (Phi) is 4.56. The number of nitrogens with zero attached hydrogens (tertiary/aromatic N) is 2. The van der Waals surface area contributed by atoms with Crippen LogP contribution in [0.1, 0.15) is 12.0 Å². The lowest BCUT2D eigenvalue weighted by Gasteiger charge is -2.19. The van der Waals surface area contributed by atoms with Crippen LogP contribution < -0.4 is 11.5 Å². The molecule has 0 aliphatic heterocycles. The molecule has 1 aromatic rings. The van der Waals surface area contributed by atoms with Gasteiger partial charge in [0.2, 0.25) is 0 Å². The summed E-state index contributed by atoms with van der Waals surface area (Å²) >= 11 is 0. The van der Waals surface area contributed by atoms with Crippen molar-refractivity contribution in [3.63, 3.8) is 0 Å². The van der Waals surface area contributed by atoms with Gasteiger partial charge in [-0.15, -0.1) is 0 Å². The molecule has 5 nitrogen and oxygen atoms in total. The molecule has 2 amide bonds. The van der Waals surface area contributed by atoms with Crippen molar-refractivity contribution in [1.82, 2.24) is 9.88 Å². The first kappa shape index (κ1) is 11.5. The van der Waals surface area contributed by atoms with Crippen molar-refractivity contribution in [2.75, 3.05) is 13.1 Å². The molecule has 1 rings (SSSR count). The molecular formula is C10H16N4O. The van der Waals surface area contributed by atoms with Crippen molar-refractivity contribution in [1.29, 1.82) is 0 Å². The van der Waals surface area contributed by atoms with Crippen LogP contribution in [0.4, 0.5) is 4.79 Å². The molecule has 0 aliphatic rings. The van der Waals surface area contributed by atoms with E-state index in [0.717, 1.165) is 12.0 Å². The second kappa shape index (κ2) is 5.98. The highest BCUT2D eigenvalue weighted by Crippen LogP contribution is 2.02. The average molecular weight is 208 g/mol. The Labute approximate surface area is 89.1 Å². The van der Waals surface area contributed by atoms with Gasteiger partial charge in [0.05, 0.1) is 0 Å². The molecular weight excluding hydrogens is 192 g/mol. The fraction of sp³-hybridized carbons (Fsp3) is 0.400. The standard InChI is InChI=1S/C10H16N4O/c11-4-2-6-14(10(12)15)8-9-3-1-5-13-7-9/h1,3,5,7H,2,4,6,8,11H2,(H2,12,15). The summed E-state index contributed by atoms with van der Waals surface area (Å²) in [6, 6.07) is 3.32. The Morgan fingerprint density at radius 2 is 2.33 bits per heavy atom. The number of carbonyl (C=O) groups is 1. The zero-order valence-electron chi connectivity index (χ0n) is 8.60. The summed E-state index contributed by atoms with van der Waals surface area (Å²) in [5.41, 5.74) is 11.6. The quantitative estimate of drug-likeness (QED) is 0.730. The lowest BCUT2D eigenvalue weighted by molar-refractivity contribution is 0.204. The van der Waals surface area contributed by atoms with Crippen LogP contribution in [0.25, 0.3) is 0 Å². The van der Waals surface area contributed by atoms with Gasteiger partial charge in [-0.3, -0.25) is 4.98 Å². The number of primary amides is 1. The summed E-state index contributed by atoms with van der Waals surface area (Å²) in [7, 11) is 0. The smallest absolute Gasteiger partial charge is 0.315 e. The first-order valence-electron chi connectivity index (χ1n) is 4.87. The highest BCUT2D eigenvalue weighted by atomic mass is 16.2. The molecule has 0 aliphatic carbocycles. The number of hydrogen-bond acceptors (Lipinski definition) is 3. The normalized spacial score (nSPS) is 9.93. The Bertz CT molecular complexity index is 302. The Morgan fingerprint density at radius 1 is 1.53 bits per heavy atom. The number of nitrogens with two attached hydrogens (primary N) is 2. The van der Waals surface area contributed by atoms with Gasteiger partial charge in [0.25, 0.3) is 0 Å². The third kappa shape index (κ3) is 3.95. The Morgan fingerprint density at radius 3 is 2.87 bits per heavy atom. The largest absolute Gasteiger partial charge is 0.351 e. The summed E-state index contributed by atoms with van der Waals surface area (Å²) in [5, 5.41) is 0. The van der Waals surface area contributed by atoms with Gasteiger partial charge in [-0.25, -0.2) is 4.79 Å². The van der Waals surface area contributed by atoms with Crippen LogP contribution in [-0.2, 0) is 6.54 Å². The van der Waals surface area contributed by atoms with E-state index in [1.54, 1.807) is 17.3 Å². The zero-order chi connectivity index (χ0) is 11.1. The van der Waals surface area contributed by atoms with Crippen LogP contribution in [-0.4, -0.2) is 29.0 Å². The summed E-state index contributed by atoms with van der Waals surface area (Å²) in [6.07, 6.45) is 4.17. The van der Waals surface area contributed by atoms with Gasteiger partial charge in [-0.1, -0.05) is 6.07 Å². The van der Waals surface area contributed by atoms with Crippen molar-refractivity contribution < 1.29 is 4.79 Å². The van der Waals surface area contributed by atoms with E-state index in [0.29, 0.717) is 19.6 Å². The van der Waals surface area contributed by atoms with E-state index >= 15 is 0 Å². The number of pyridine rings is 1. The molecule has 0 fully saturated rings. The molecule has 15 heavy (non-hydrogen) atoms. The fourth-order valence-electron chi connectivity index (χ4n) is 1.26. The summed E-state index contributed by atoms with van der Waals surface area (Å²) in [5.74, 6) is 0. The number of carbonyl (C=O) groups excluding carboxylic acids is 1. The number of amides is 2. The van der Waals surface area contributed by atoms with Gasteiger partial charge >= 0.3 is 6.03 Å². The van der Waals surface area contributed by atoms with Crippen molar-refractivity contribution in [3.8, 4) is 0 Å². The zero-order valence-corrected chi connectivity index (χ0v) is 8.60. The van der Waals surface area contributed by atoms with Crippen molar-refractivity contribution in [2.24, 2.45) is 11.5 Å². The molecule has 0 atom stereocenters. The van der Waals surface area contributed by atoms with Crippen LogP contribution in [0.2, 0.25) is 0 Å². The molecule has 0 saturated carbocycles. The molecule has 5 heteroatoms. The Balaban J connectivity index is 2.55. The van der Waals surface area contributed by atoms with Crippen molar-refractivity contribution >= 4 is 6.03 Å². The first-order valence-corrected chi connectivity index (χ1v) is 4.87. The summed E-state index contributed by atoms with van der Waals surface area (Å²) in [6.45, 7) is 1.63. The Hall–Kier alpha value is -1.62. The number of aromatic nitrogens is 1. The second-order valence-electron chi connectivity index (χ2n) is 3.26. The third-order valence-corrected chi connectivity index (χ3v) is 2.04. The van der Waals surface area contributed by atoms with Gasteiger partial charge in [0, 0.05) is 25.5 Å². The lowest BCUT2D eigenvalue weighted by atomic mass is 10.2. The molecule has 1 heterocycles. The molecule has 0 spiro atoms. The predicted molar refractivity (Wildman–Crippen MR) is 57.9 cm³/mol. The monoisotopic (exact) mass is 208 g/mol. The van der Waals surface area contributed by atoms with E-state index < -0.39 is 6.03 Å². The molecule has 0 unspecified atom stereocenters. The average Bonchev–Trinajstić information content (AvgIpc) is 2.25. The van der Waals surface area contributed by atoms with Crippen LogP contribution in [0.3, 0.4) is 0 Å². The van der Waals surface area contributed by atoms with E-state index in [4.69, 9.17) is 11.5 Å². The first-order chi connectivity index (χ1) is 7.24. The van der Waals surface area contributed by atoms with Crippen LogP contribution in [0, 0.1) is 0 Å². The minimum atomic E-state index is -0.424. The van der Waals surface area contributed by atoms with Crippen LogP contribution >= 0.6 is 0 Å². The van der Waals surface area contributed by atoms with Gasteiger partial charge in [0.1, 0.15) is 0 Å². The molecule has 82 valence electrons. The third-order valence-electron chi connectivity index (χ3n) is 2.04. The molecule has 0 bridgehead atoms. The lowest BCUT2D eigenvalue weighted by Crippen LogP contribution is -2.36.